The molecule has 1 N–H and O–H groups in total. The first-order valence-corrected chi connectivity index (χ1v) is 11.8. The second kappa shape index (κ2) is 8.41. The maximum atomic E-state index is 12.7. The number of likely N-dealkylation sites (tertiary alicyclic amines) is 1. The molecule has 0 spiro atoms. The number of rotatable bonds is 7. The monoisotopic (exact) mass is 433 g/mol. The van der Waals surface area contributed by atoms with Crippen LogP contribution in [0.4, 0.5) is 0 Å². The van der Waals surface area contributed by atoms with E-state index in [1.54, 1.807) is 13.1 Å². The highest BCUT2D eigenvalue weighted by Gasteiger charge is 2.22. The molecule has 4 rings (SSSR count). The summed E-state index contributed by atoms with van der Waals surface area (Å²) in [5, 5.41) is 0. The van der Waals surface area contributed by atoms with E-state index in [-0.39, 0.29) is 17.0 Å². The molecule has 0 amide bonds. The topological polar surface area (TPSA) is 97.7 Å². The van der Waals surface area contributed by atoms with E-state index in [9.17, 15) is 13.2 Å². The molecule has 3 heterocycles. The number of benzene rings is 1. The number of nitrogens with zero attached hydrogens (tertiary/aromatic N) is 2. The molecule has 1 fully saturated rings. The van der Waals surface area contributed by atoms with Crippen molar-refractivity contribution in [2.24, 2.45) is 7.05 Å². The van der Waals surface area contributed by atoms with E-state index in [2.05, 4.69) is 16.5 Å². The predicted octanol–water partition coefficient (Wildman–Crippen LogP) is 2.97. The third-order valence-corrected chi connectivity index (χ3v) is 7.21. The molecule has 1 saturated heterocycles. The first kappa shape index (κ1) is 20.9. The fourth-order valence-corrected chi connectivity index (χ4v) is 5.07. The fraction of sp³-hybridized carbons (Fsp3) is 0.476. The maximum absolute atomic E-state index is 12.7. The van der Waals surface area contributed by atoms with E-state index in [1.165, 1.54) is 36.0 Å². The summed E-state index contributed by atoms with van der Waals surface area (Å²) in [4.78, 5) is 14.1. The van der Waals surface area contributed by atoms with Crippen LogP contribution in [-0.2, 0) is 30.2 Å². The van der Waals surface area contributed by atoms with Crippen LogP contribution in [0.3, 0.4) is 0 Å². The molecule has 1 aromatic carbocycles. The van der Waals surface area contributed by atoms with Crippen molar-refractivity contribution in [1.82, 2.24) is 14.2 Å². The van der Waals surface area contributed by atoms with Crippen LogP contribution < -0.4 is 10.5 Å². The van der Waals surface area contributed by atoms with Gasteiger partial charge in [-0.1, -0.05) is 13.3 Å². The Hall–Kier alpha value is -2.36. The van der Waals surface area contributed by atoms with Crippen molar-refractivity contribution < 1.29 is 17.3 Å². The maximum Gasteiger partial charge on any atom is 0.419 e. The van der Waals surface area contributed by atoms with Crippen molar-refractivity contribution in [3.8, 4) is 0 Å². The average Bonchev–Trinajstić information content (AvgIpc) is 3.30. The lowest BCUT2D eigenvalue weighted by atomic mass is 10.00. The number of oxazole rings is 1. The number of aromatic nitrogens is 1. The van der Waals surface area contributed by atoms with Crippen molar-refractivity contribution in [1.29, 1.82) is 0 Å². The summed E-state index contributed by atoms with van der Waals surface area (Å²) in [7, 11) is -2.20. The minimum atomic E-state index is -3.78. The molecule has 0 radical (unpaired) electrons. The van der Waals surface area contributed by atoms with Gasteiger partial charge in [0.15, 0.2) is 5.58 Å². The molecular formula is C21H27N3O5S. The fourth-order valence-electron chi connectivity index (χ4n) is 4.06. The lowest BCUT2D eigenvalue weighted by molar-refractivity contribution is 0.126. The molecule has 3 aromatic rings. The number of nitrogens with one attached hydrogen (secondary N) is 1. The van der Waals surface area contributed by atoms with Crippen LogP contribution in [0.5, 0.6) is 0 Å². The molecule has 162 valence electrons. The zero-order valence-electron chi connectivity index (χ0n) is 17.3. The number of aryl methyl sites for hydroxylation is 1. The van der Waals surface area contributed by atoms with E-state index >= 15 is 0 Å². The Morgan fingerprint density at radius 2 is 1.93 bits per heavy atom. The Balaban J connectivity index is 1.42. The zero-order valence-corrected chi connectivity index (χ0v) is 18.1. The van der Waals surface area contributed by atoms with Crippen molar-refractivity contribution in [3.63, 3.8) is 0 Å². The van der Waals surface area contributed by atoms with Gasteiger partial charge in [-0.25, -0.2) is 17.9 Å². The molecule has 0 aliphatic carbocycles. The Morgan fingerprint density at radius 1 is 1.13 bits per heavy atom. The van der Waals surface area contributed by atoms with Crippen LogP contribution in [0.2, 0.25) is 0 Å². The van der Waals surface area contributed by atoms with Crippen LogP contribution in [0.25, 0.3) is 11.1 Å². The smallest absolute Gasteiger partial charge is 0.419 e. The second-order valence-electron chi connectivity index (χ2n) is 7.78. The van der Waals surface area contributed by atoms with Crippen LogP contribution in [0, 0.1) is 0 Å². The third kappa shape index (κ3) is 4.23. The summed E-state index contributed by atoms with van der Waals surface area (Å²) in [5.41, 5.74) is 0.774. The van der Waals surface area contributed by atoms with E-state index < -0.39 is 15.8 Å². The number of furan rings is 1. The van der Waals surface area contributed by atoms with Gasteiger partial charge in [0, 0.05) is 19.2 Å². The van der Waals surface area contributed by atoms with E-state index in [0.717, 1.165) is 25.3 Å². The lowest BCUT2D eigenvalue weighted by Gasteiger charge is -2.34. The van der Waals surface area contributed by atoms with Gasteiger partial charge in [-0.15, -0.1) is 0 Å². The van der Waals surface area contributed by atoms with Gasteiger partial charge in [0.1, 0.15) is 11.5 Å². The number of fused-ring (bicyclic) bond motifs is 1. The molecule has 8 nitrogen and oxygen atoms in total. The van der Waals surface area contributed by atoms with Crippen LogP contribution in [0.1, 0.15) is 44.1 Å². The SMILES string of the molecule is CC[C@H]1CCCCN1Cc1ccc(CNS(=O)(=O)c2ccc3c(c2)oc(=O)n3C)o1. The van der Waals surface area contributed by atoms with Crippen LogP contribution in [-0.4, -0.2) is 30.5 Å². The first-order valence-electron chi connectivity index (χ1n) is 10.3. The summed E-state index contributed by atoms with van der Waals surface area (Å²) in [5.74, 6) is 0.873. The third-order valence-electron chi connectivity index (χ3n) is 5.81. The summed E-state index contributed by atoms with van der Waals surface area (Å²) >= 11 is 0. The van der Waals surface area contributed by atoms with Crippen molar-refractivity contribution >= 4 is 21.1 Å². The average molecular weight is 434 g/mol. The van der Waals surface area contributed by atoms with Crippen LogP contribution in [0.15, 0.2) is 48.9 Å². The summed E-state index contributed by atoms with van der Waals surface area (Å²) < 4.78 is 40.1. The standard InChI is InChI=1S/C21H27N3O5S/c1-3-15-6-4-5-11-24(15)14-17-8-7-16(28-17)13-22-30(26,27)18-9-10-19-20(12-18)29-21(25)23(19)2/h7-10,12,15,22H,3-6,11,13-14H2,1-2H3/t15-/m0/s1. The largest absolute Gasteiger partial charge is 0.463 e. The van der Waals surface area contributed by atoms with Gasteiger partial charge >= 0.3 is 5.76 Å². The molecule has 1 atom stereocenters. The van der Waals surface area contributed by atoms with Gasteiger partial charge in [-0.3, -0.25) is 9.47 Å². The van der Waals surface area contributed by atoms with Gasteiger partial charge in [-0.05, 0) is 50.1 Å². The minimum Gasteiger partial charge on any atom is -0.463 e. The van der Waals surface area contributed by atoms with Crippen molar-refractivity contribution in [3.05, 3.63) is 52.4 Å². The Morgan fingerprint density at radius 3 is 2.73 bits per heavy atom. The molecule has 1 aliphatic rings. The first-order chi connectivity index (χ1) is 14.4. The summed E-state index contributed by atoms with van der Waals surface area (Å²) in [6, 6.07) is 8.67. The normalized spacial score (nSPS) is 18.3. The Bertz CT molecular complexity index is 1190. The highest BCUT2D eigenvalue weighted by molar-refractivity contribution is 7.89. The number of piperidine rings is 1. The molecule has 30 heavy (non-hydrogen) atoms. The molecular weight excluding hydrogens is 406 g/mol. The molecule has 2 aromatic heterocycles. The van der Waals surface area contributed by atoms with Crippen LogP contribution >= 0.6 is 0 Å². The van der Waals surface area contributed by atoms with Crippen molar-refractivity contribution in [2.75, 3.05) is 6.54 Å². The van der Waals surface area contributed by atoms with E-state index in [4.69, 9.17) is 8.83 Å². The zero-order chi connectivity index (χ0) is 21.3. The molecule has 0 unspecified atom stereocenters. The minimum absolute atomic E-state index is 0.0373. The lowest BCUT2D eigenvalue weighted by Crippen LogP contribution is -2.38. The van der Waals surface area contributed by atoms with E-state index in [0.29, 0.717) is 17.3 Å². The number of hydrogen-bond acceptors (Lipinski definition) is 6. The van der Waals surface area contributed by atoms with Crippen molar-refractivity contribution in [2.45, 2.75) is 56.6 Å². The Labute approximate surface area is 175 Å². The number of hydrogen-bond donors (Lipinski definition) is 1. The molecule has 9 heteroatoms. The quantitative estimate of drug-likeness (QED) is 0.615. The molecule has 1 aliphatic heterocycles. The molecule has 0 saturated carbocycles. The van der Waals surface area contributed by atoms with Gasteiger partial charge in [0.05, 0.1) is 23.5 Å². The summed E-state index contributed by atoms with van der Waals surface area (Å²) in [6.07, 6.45) is 4.82. The molecule has 0 bridgehead atoms. The highest BCUT2D eigenvalue weighted by atomic mass is 32.2. The van der Waals surface area contributed by atoms with Gasteiger partial charge in [0.25, 0.3) is 0 Å². The number of sulfonamides is 1. The van der Waals surface area contributed by atoms with Gasteiger partial charge in [-0.2, -0.15) is 0 Å². The Kier molecular flexibility index (Phi) is 5.86. The van der Waals surface area contributed by atoms with Gasteiger partial charge in [0.2, 0.25) is 10.0 Å². The van der Waals surface area contributed by atoms with E-state index in [1.807, 2.05) is 12.1 Å². The highest BCUT2D eigenvalue weighted by Crippen LogP contribution is 2.23. The predicted molar refractivity (Wildman–Crippen MR) is 113 cm³/mol. The summed E-state index contributed by atoms with van der Waals surface area (Å²) in [6.45, 7) is 4.08. The second-order valence-corrected chi connectivity index (χ2v) is 9.54. The van der Waals surface area contributed by atoms with Gasteiger partial charge < -0.3 is 8.83 Å².